The maximum absolute atomic E-state index is 13.3. The Bertz CT molecular complexity index is 940. The van der Waals surface area contributed by atoms with Crippen LogP contribution >= 0.6 is 11.8 Å². The number of benzene rings is 1. The van der Waals surface area contributed by atoms with Crippen LogP contribution in [0.1, 0.15) is 47.5 Å². The van der Waals surface area contributed by atoms with Gasteiger partial charge in [0.25, 0.3) is 5.56 Å². The van der Waals surface area contributed by atoms with Crippen LogP contribution in [0.25, 0.3) is 10.9 Å². The number of rotatable bonds is 8. The molecule has 1 saturated heterocycles. The van der Waals surface area contributed by atoms with Crippen LogP contribution in [0.5, 0.6) is 0 Å². The van der Waals surface area contributed by atoms with Gasteiger partial charge in [0, 0.05) is 38.3 Å². The van der Waals surface area contributed by atoms with E-state index in [4.69, 9.17) is 4.98 Å². The van der Waals surface area contributed by atoms with Crippen molar-refractivity contribution in [2.75, 3.05) is 25.4 Å². The molecule has 0 atom stereocenters. The van der Waals surface area contributed by atoms with Crippen molar-refractivity contribution in [2.24, 2.45) is 5.92 Å². The zero-order valence-corrected chi connectivity index (χ0v) is 20.3. The predicted octanol–water partition coefficient (Wildman–Crippen LogP) is 3.87. The number of carbonyl (C=O) groups excluding carboxylic acids is 1. The van der Waals surface area contributed by atoms with E-state index in [2.05, 4.69) is 39.5 Å². The molecule has 0 saturated carbocycles. The number of aromatic nitrogens is 2. The summed E-state index contributed by atoms with van der Waals surface area (Å²) >= 11 is 1.39. The molecular formula is C24H36N4O2S. The molecule has 6 nitrogen and oxygen atoms in total. The number of hydrogen-bond donors (Lipinski definition) is 0. The molecule has 1 fully saturated rings. The molecule has 31 heavy (non-hydrogen) atoms. The molecule has 2 aromatic rings. The van der Waals surface area contributed by atoms with Gasteiger partial charge < -0.3 is 4.90 Å². The molecule has 1 aromatic heterocycles. The highest BCUT2D eigenvalue weighted by Gasteiger charge is 2.22. The van der Waals surface area contributed by atoms with Crippen molar-refractivity contribution in [1.82, 2.24) is 19.4 Å². The van der Waals surface area contributed by atoms with E-state index in [0.717, 1.165) is 32.5 Å². The van der Waals surface area contributed by atoms with Gasteiger partial charge in [-0.25, -0.2) is 4.98 Å². The highest BCUT2D eigenvalue weighted by atomic mass is 32.2. The molecule has 1 aliphatic heterocycles. The second-order valence-corrected chi connectivity index (χ2v) is 10.1. The lowest BCUT2D eigenvalue weighted by Crippen LogP contribution is -2.41. The Morgan fingerprint density at radius 3 is 2.45 bits per heavy atom. The van der Waals surface area contributed by atoms with Crippen LogP contribution in [-0.4, -0.2) is 62.7 Å². The molecule has 0 spiro atoms. The van der Waals surface area contributed by atoms with E-state index in [1.807, 2.05) is 29.2 Å². The SMILES string of the molecule is CC1CCN(C(=O)CSc2nc3ccccc3c(=O)n2CCN(C(C)C)C(C)C)CC1. The van der Waals surface area contributed by atoms with Crippen LogP contribution in [0, 0.1) is 5.92 Å². The van der Waals surface area contributed by atoms with Crippen molar-refractivity contribution >= 4 is 28.6 Å². The van der Waals surface area contributed by atoms with Crippen LogP contribution in [0.3, 0.4) is 0 Å². The van der Waals surface area contributed by atoms with Gasteiger partial charge in [-0.15, -0.1) is 0 Å². The lowest BCUT2D eigenvalue weighted by atomic mass is 9.99. The van der Waals surface area contributed by atoms with Crippen molar-refractivity contribution in [3.8, 4) is 0 Å². The Balaban J connectivity index is 1.82. The highest BCUT2D eigenvalue weighted by molar-refractivity contribution is 7.99. The zero-order chi connectivity index (χ0) is 22.5. The number of likely N-dealkylation sites (tertiary alicyclic amines) is 1. The summed E-state index contributed by atoms with van der Waals surface area (Å²) < 4.78 is 1.76. The van der Waals surface area contributed by atoms with Crippen molar-refractivity contribution < 1.29 is 4.79 Å². The number of fused-ring (bicyclic) bond motifs is 1. The molecule has 1 aromatic carbocycles. The van der Waals surface area contributed by atoms with Gasteiger partial charge >= 0.3 is 0 Å². The number of thioether (sulfide) groups is 1. The molecular weight excluding hydrogens is 408 g/mol. The van der Waals surface area contributed by atoms with E-state index in [1.54, 1.807) is 4.57 Å². The molecule has 170 valence electrons. The first-order valence-electron chi connectivity index (χ1n) is 11.4. The fraction of sp³-hybridized carbons (Fsp3) is 0.625. The molecule has 0 bridgehead atoms. The Labute approximate surface area is 190 Å². The summed E-state index contributed by atoms with van der Waals surface area (Å²) in [6.45, 7) is 13.9. The first-order chi connectivity index (χ1) is 14.8. The van der Waals surface area contributed by atoms with Gasteiger partial charge in [0.15, 0.2) is 5.16 Å². The Kier molecular flexibility index (Phi) is 8.17. The zero-order valence-electron chi connectivity index (χ0n) is 19.5. The smallest absolute Gasteiger partial charge is 0.262 e. The number of carbonyl (C=O) groups is 1. The van der Waals surface area contributed by atoms with E-state index < -0.39 is 0 Å². The van der Waals surface area contributed by atoms with E-state index in [1.165, 1.54) is 11.8 Å². The summed E-state index contributed by atoms with van der Waals surface area (Å²) in [5.74, 6) is 1.14. The molecule has 2 heterocycles. The van der Waals surface area contributed by atoms with Crippen molar-refractivity contribution in [1.29, 1.82) is 0 Å². The third-order valence-electron chi connectivity index (χ3n) is 6.20. The van der Waals surface area contributed by atoms with Gasteiger partial charge in [0.2, 0.25) is 5.91 Å². The summed E-state index contributed by atoms with van der Waals surface area (Å²) in [4.78, 5) is 35.1. The maximum atomic E-state index is 13.3. The summed E-state index contributed by atoms with van der Waals surface area (Å²) in [5, 5.41) is 1.26. The number of hydrogen-bond acceptors (Lipinski definition) is 5. The van der Waals surface area contributed by atoms with Gasteiger partial charge in [-0.2, -0.15) is 0 Å². The molecule has 7 heteroatoms. The number of piperidine rings is 1. The lowest BCUT2D eigenvalue weighted by Gasteiger charge is -2.31. The Morgan fingerprint density at radius 1 is 1.16 bits per heavy atom. The third-order valence-corrected chi connectivity index (χ3v) is 7.16. The lowest BCUT2D eigenvalue weighted by molar-refractivity contribution is -0.129. The molecule has 0 unspecified atom stereocenters. The summed E-state index contributed by atoms with van der Waals surface area (Å²) in [6.07, 6.45) is 2.13. The van der Waals surface area contributed by atoms with Gasteiger partial charge in [0.1, 0.15) is 0 Å². The second kappa shape index (κ2) is 10.6. The van der Waals surface area contributed by atoms with Gasteiger partial charge in [-0.3, -0.25) is 19.1 Å². The van der Waals surface area contributed by atoms with Crippen LogP contribution in [0.15, 0.2) is 34.2 Å². The fourth-order valence-corrected chi connectivity index (χ4v) is 5.19. The summed E-state index contributed by atoms with van der Waals surface area (Å²) in [6, 6.07) is 8.25. The van der Waals surface area contributed by atoms with Gasteiger partial charge in [-0.1, -0.05) is 30.8 Å². The quantitative estimate of drug-likeness (QED) is 0.457. The molecule has 3 rings (SSSR count). The van der Waals surface area contributed by atoms with E-state index in [9.17, 15) is 9.59 Å². The first kappa shape index (κ1) is 23.8. The highest BCUT2D eigenvalue weighted by Crippen LogP contribution is 2.21. The van der Waals surface area contributed by atoms with Crippen LogP contribution < -0.4 is 5.56 Å². The third kappa shape index (κ3) is 5.89. The minimum Gasteiger partial charge on any atom is -0.342 e. The largest absolute Gasteiger partial charge is 0.342 e. The topological polar surface area (TPSA) is 58.4 Å². The van der Waals surface area contributed by atoms with Crippen molar-refractivity contribution in [3.63, 3.8) is 0 Å². The fourth-order valence-electron chi connectivity index (χ4n) is 4.26. The van der Waals surface area contributed by atoms with Crippen molar-refractivity contribution in [3.05, 3.63) is 34.6 Å². The molecule has 1 amide bonds. The van der Waals surface area contributed by atoms with Crippen LogP contribution in [-0.2, 0) is 11.3 Å². The average molecular weight is 445 g/mol. The first-order valence-corrected chi connectivity index (χ1v) is 12.4. The van der Waals surface area contributed by atoms with Crippen LogP contribution in [0.2, 0.25) is 0 Å². The maximum Gasteiger partial charge on any atom is 0.262 e. The number of amides is 1. The molecule has 0 N–H and O–H groups in total. The summed E-state index contributed by atoms with van der Waals surface area (Å²) in [7, 11) is 0. The Hall–Kier alpha value is -1.86. The Morgan fingerprint density at radius 2 is 1.81 bits per heavy atom. The minimum absolute atomic E-state index is 0.0280. The normalized spacial score (nSPS) is 15.5. The summed E-state index contributed by atoms with van der Waals surface area (Å²) in [5.41, 5.74) is 0.662. The van der Waals surface area contributed by atoms with E-state index >= 15 is 0 Å². The average Bonchev–Trinajstić information content (AvgIpc) is 2.73. The molecule has 1 aliphatic rings. The standard InChI is InChI=1S/C24H36N4O2S/c1-17(2)27(18(3)4)14-15-28-23(30)20-8-6-7-9-21(20)25-24(28)31-16-22(29)26-12-10-19(5)11-13-26/h6-9,17-19H,10-16H2,1-5H3. The molecule has 0 radical (unpaired) electrons. The van der Waals surface area contributed by atoms with Gasteiger partial charge in [0.05, 0.1) is 16.7 Å². The number of nitrogens with zero attached hydrogens (tertiary/aromatic N) is 4. The van der Waals surface area contributed by atoms with Gasteiger partial charge in [-0.05, 0) is 58.6 Å². The minimum atomic E-state index is -0.0280. The van der Waals surface area contributed by atoms with Crippen LogP contribution in [0.4, 0.5) is 0 Å². The van der Waals surface area contributed by atoms with E-state index in [0.29, 0.717) is 46.4 Å². The van der Waals surface area contributed by atoms with E-state index in [-0.39, 0.29) is 11.5 Å². The predicted molar refractivity (Wildman–Crippen MR) is 129 cm³/mol. The second-order valence-electron chi connectivity index (χ2n) is 9.15. The van der Waals surface area contributed by atoms with Crippen molar-refractivity contribution in [2.45, 2.75) is 71.2 Å². The number of para-hydroxylation sites is 1. The monoisotopic (exact) mass is 444 g/mol. The molecule has 0 aliphatic carbocycles.